The topological polar surface area (TPSA) is 73.2 Å². The first-order valence-corrected chi connectivity index (χ1v) is 14.1. The lowest BCUT2D eigenvalue weighted by Crippen LogP contribution is -2.25. The highest BCUT2D eigenvalue weighted by Crippen LogP contribution is 2.38. The normalized spacial score (nSPS) is 11.8. The first-order valence-electron chi connectivity index (χ1n) is 11.4. The first-order chi connectivity index (χ1) is 18.1. The van der Waals surface area contributed by atoms with Gasteiger partial charge < -0.3 is 10.1 Å². The number of methoxy groups -OCH3 is 1. The van der Waals surface area contributed by atoms with E-state index in [1.165, 1.54) is 23.1 Å². The van der Waals surface area contributed by atoms with E-state index in [9.17, 15) is 9.59 Å². The average Bonchev–Trinajstić information content (AvgIpc) is 3.60. The molecule has 1 unspecified atom stereocenters. The molecule has 3 heterocycles. The number of hydrogen-bond donors (Lipinski definition) is 1. The Labute approximate surface area is 226 Å². The summed E-state index contributed by atoms with van der Waals surface area (Å²) < 4.78 is 6.89. The Hall–Kier alpha value is -3.66. The minimum Gasteiger partial charge on any atom is -0.497 e. The molecule has 2 aromatic carbocycles. The van der Waals surface area contributed by atoms with Crippen molar-refractivity contribution >= 4 is 56.2 Å². The van der Waals surface area contributed by atoms with Gasteiger partial charge in [0.1, 0.15) is 15.8 Å². The van der Waals surface area contributed by atoms with Gasteiger partial charge in [0.15, 0.2) is 5.16 Å². The molecule has 9 heteroatoms. The van der Waals surface area contributed by atoms with Gasteiger partial charge in [-0.15, -0.1) is 29.3 Å². The number of nitrogens with zero attached hydrogens (tertiary/aromatic N) is 2. The summed E-state index contributed by atoms with van der Waals surface area (Å²) in [5.74, 6) is 0.419. The number of hydrogen-bond acceptors (Lipinski definition) is 7. The highest BCUT2D eigenvalue weighted by molar-refractivity contribution is 8.00. The number of allylic oxidation sites excluding steroid dienone is 1. The van der Waals surface area contributed by atoms with Crippen molar-refractivity contribution < 1.29 is 9.53 Å². The Morgan fingerprint density at radius 3 is 2.73 bits per heavy atom. The third kappa shape index (κ3) is 5.24. The predicted molar refractivity (Wildman–Crippen MR) is 154 cm³/mol. The van der Waals surface area contributed by atoms with Gasteiger partial charge in [0, 0.05) is 34.1 Å². The molecular formula is C28H23N3O3S3. The van der Waals surface area contributed by atoms with E-state index in [2.05, 4.69) is 11.9 Å². The van der Waals surface area contributed by atoms with Crippen LogP contribution >= 0.6 is 34.4 Å². The lowest BCUT2D eigenvalue weighted by molar-refractivity contribution is -0.115. The van der Waals surface area contributed by atoms with Gasteiger partial charge in [-0.25, -0.2) is 4.98 Å². The second-order valence-corrected chi connectivity index (χ2v) is 10.9. The van der Waals surface area contributed by atoms with Crippen LogP contribution in [-0.2, 0) is 11.3 Å². The molecule has 0 saturated heterocycles. The van der Waals surface area contributed by atoms with Crippen molar-refractivity contribution in [2.75, 3.05) is 12.4 Å². The number of amides is 1. The lowest BCUT2D eigenvalue weighted by atomic mass is 10.1. The SMILES string of the molecule is C=CCn1c(SC(C(=O)Nc2cccc(OC)c2)c2ccccc2)nc2scc(-c3cccs3)c2c1=O. The molecule has 6 nitrogen and oxygen atoms in total. The van der Waals surface area contributed by atoms with Crippen LogP contribution in [-0.4, -0.2) is 22.6 Å². The highest BCUT2D eigenvalue weighted by Gasteiger charge is 2.26. The Kier molecular flexibility index (Phi) is 7.55. The zero-order valence-corrected chi connectivity index (χ0v) is 22.4. The summed E-state index contributed by atoms with van der Waals surface area (Å²) in [6, 6.07) is 20.7. The molecule has 1 amide bonds. The summed E-state index contributed by atoms with van der Waals surface area (Å²) in [7, 11) is 1.58. The van der Waals surface area contributed by atoms with E-state index in [0.29, 0.717) is 26.8 Å². The van der Waals surface area contributed by atoms with Crippen LogP contribution in [0, 0.1) is 0 Å². The summed E-state index contributed by atoms with van der Waals surface area (Å²) >= 11 is 4.27. The van der Waals surface area contributed by atoms with E-state index in [1.54, 1.807) is 35.2 Å². The standard InChI is InChI=1S/C28H23N3O3S3/c1-3-14-31-27(33)23-21(22-13-8-15-35-22)17-36-26(23)30-28(31)37-24(18-9-5-4-6-10-18)25(32)29-19-11-7-12-20(16-19)34-2/h3-13,15-17,24H,1,14H2,2H3,(H,29,32). The van der Waals surface area contributed by atoms with Crippen LogP contribution in [0.3, 0.4) is 0 Å². The number of benzene rings is 2. The van der Waals surface area contributed by atoms with Crippen LogP contribution in [0.5, 0.6) is 5.75 Å². The molecule has 0 bridgehead atoms. The van der Waals surface area contributed by atoms with Crippen LogP contribution in [0.15, 0.2) is 100 Å². The molecule has 0 spiro atoms. The van der Waals surface area contributed by atoms with Crippen molar-refractivity contribution in [3.8, 4) is 16.2 Å². The van der Waals surface area contributed by atoms with Gasteiger partial charge in [0.05, 0.1) is 12.5 Å². The Bertz CT molecular complexity index is 1610. The largest absolute Gasteiger partial charge is 0.497 e. The van der Waals surface area contributed by atoms with E-state index >= 15 is 0 Å². The first kappa shape index (κ1) is 25.0. The van der Waals surface area contributed by atoms with Crippen LogP contribution in [0.4, 0.5) is 5.69 Å². The van der Waals surface area contributed by atoms with Crippen molar-refractivity contribution in [3.05, 3.63) is 106 Å². The number of thioether (sulfide) groups is 1. The molecule has 0 aliphatic heterocycles. The van der Waals surface area contributed by atoms with Gasteiger partial charge in [-0.05, 0) is 29.1 Å². The molecule has 1 N–H and O–H groups in total. The van der Waals surface area contributed by atoms with Crippen molar-refractivity contribution in [1.29, 1.82) is 0 Å². The van der Waals surface area contributed by atoms with Gasteiger partial charge in [-0.3, -0.25) is 14.2 Å². The maximum Gasteiger partial charge on any atom is 0.263 e. The number of anilines is 1. The summed E-state index contributed by atoms with van der Waals surface area (Å²) in [6.07, 6.45) is 1.67. The Morgan fingerprint density at radius 2 is 2.00 bits per heavy atom. The molecule has 37 heavy (non-hydrogen) atoms. The Balaban J connectivity index is 1.57. The number of rotatable bonds is 9. The average molecular weight is 546 g/mol. The fourth-order valence-corrected chi connectivity index (χ4v) is 6.82. The third-order valence-corrected chi connectivity index (χ3v) is 8.68. The molecule has 0 aliphatic rings. The molecule has 0 radical (unpaired) electrons. The second kappa shape index (κ2) is 11.2. The summed E-state index contributed by atoms with van der Waals surface area (Å²) in [5, 5.41) is 7.36. The van der Waals surface area contributed by atoms with Gasteiger partial charge in [0.25, 0.3) is 5.56 Å². The van der Waals surface area contributed by atoms with Crippen molar-refractivity contribution in [2.24, 2.45) is 0 Å². The maximum absolute atomic E-state index is 13.7. The number of carbonyl (C=O) groups excluding carboxylic acids is 1. The molecule has 3 aromatic heterocycles. The zero-order chi connectivity index (χ0) is 25.8. The molecule has 5 rings (SSSR count). The second-order valence-electron chi connectivity index (χ2n) is 8.04. The molecular weight excluding hydrogens is 523 g/mol. The van der Waals surface area contributed by atoms with Crippen LogP contribution in [0.1, 0.15) is 10.8 Å². The number of ether oxygens (including phenoxy) is 1. The minimum absolute atomic E-state index is 0.142. The van der Waals surface area contributed by atoms with Gasteiger partial charge in [-0.2, -0.15) is 0 Å². The number of fused-ring (bicyclic) bond motifs is 1. The van der Waals surface area contributed by atoms with E-state index in [-0.39, 0.29) is 18.0 Å². The molecule has 0 saturated carbocycles. The smallest absolute Gasteiger partial charge is 0.263 e. The predicted octanol–water partition coefficient (Wildman–Crippen LogP) is 6.85. The fraction of sp³-hybridized carbons (Fsp3) is 0.107. The van der Waals surface area contributed by atoms with Crippen LogP contribution < -0.4 is 15.6 Å². The molecule has 0 fully saturated rings. The highest BCUT2D eigenvalue weighted by atomic mass is 32.2. The third-order valence-electron chi connectivity index (χ3n) is 5.66. The summed E-state index contributed by atoms with van der Waals surface area (Å²) in [6.45, 7) is 4.12. The number of carbonyl (C=O) groups is 1. The van der Waals surface area contributed by atoms with Gasteiger partial charge in [-0.1, -0.05) is 60.3 Å². The molecule has 0 aliphatic carbocycles. The Morgan fingerprint density at radius 1 is 1.16 bits per heavy atom. The van der Waals surface area contributed by atoms with Gasteiger partial charge >= 0.3 is 0 Å². The fourth-order valence-electron chi connectivity index (χ4n) is 3.91. The molecule has 5 aromatic rings. The number of thiophene rings is 2. The lowest BCUT2D eigenvalue weighted by Gasteiger charge is -2.19. The maximum atomic E-state index is 13.7. The van der Waals surface area contributed by atoms with Gasteiger partial charge in [0.2, 0.25) is 5.91 Å². The minimum atomic E-state index is -0.649. The number of nitrogens with one attached hydrogen (secondary N) is 1. The number of aromatic nitrogens is 2. The van der Waals surface area contributed by atoms with Crippen molar-refractivity contribution in [3.63, 3.8) is 0 Å². The van der Waals surface area contributed by atoms with Crippen LogP contribution in [0.2, 0.25) is 0 Å². The van der Waals surface area contributed by atoms with E-state index in [0.717, 1.165) is 16.0 Å². The monoisotopic (exact) mass is 545 g/mol. The summed E-state index contributed by atoms with van der Waals surface area (Å²) in [5.41, 5.74) is 2.17. The van der Waals surface area contributed by atoms with Crippen molar-refractivity contribution in [2.45, 2.75) is 17.0 Å². The molecule has 186 valence electrons. The van der Waals surface area contributed by atoms with Crippen LogP contribution in [0.25, 0.3) is 20.7 Å². The van der Waals surface area contributed by atoms with E-state index in [4.69, 9.17) is 9.72 Å². The van der Waals surface area contributed by atoms with E-state index in [1.807, 2.05) is 71.4 Å². The quantitative estimate of drug-likeness (QED) is 0.125. The van der Waals surface area contributed by atoms with E-state index < -0.39 is 5.25 Å². The molecule has 1 atom stereocenters. The zero-order valence-electron chi connectivity index (χ0n) is 19.9. The summed E-state index contributed by atoms with van der Waals surface area (Å²) in [4.78, 5) is 33.9. The van der Waals surface area contributed by atoms with Crippen molar-refractivity contribution in [1.82, 2.24) is 9.55 Å².